The van der Waals surface area contributed by atoms with E-state index in [1.807, 2.05) is 26.0 Å². The highest BCUT2D eigenvalue weighted by molar-refractivity contribution is 5.94. The second kappa shape index (κ2) is 8.67. The number of benzene rings is 2. The van der Waals surface area contributed by atoms with Crippen LogP contribution in [0.2, 0.25) is 0 Å². The number of nitrogens with zero attached hydrogens (tertiary/aromatic N) is 2. The van der Waals surface area contributed by atoms with Crippen LogP contribution >= 0.6 is 0 Å². The number of rotatable bonds is 5. The molecule has 0 spiro atoms. The molecule has 0 saturated carbocycles. The Kier molecular flexibility index (Phi) is 5.81. The maximum atomic E-state index is 13.8. The van der Waals surface area contributed by atoms with E-state index in [1.54, 1.807) is 24.3 Å². The number of carbonyl (C=O) groups is 1. The molecule has 0 aliphatic carbocycles. The van der Waals surface area contributed by atoms with Crippen LogP contribution in [0.25, 0.3) is 0 Å². The van der Waals surface area contributed by atoms with Crippen molar-refractivity contribution in [2.45, 2.75) is 33.5 Å². The molecule has 1 aliphatic rings. The van der Waals surface area contributed by atoms with E-state index in [0.717, 1.165) is 34.9 Å². The summed E-state index contributed by atoms with van der Waals surface area (Å²) in [4.78, 5) is 14.9. The summed E-state index contributed by atoms with van der Waals surface area (Å²) in [6, 6.07) is 11.8. The first-order valence-corrected chi connectivity index (χ1v) is 9.92. The highest BCUT2D eigenvalue weighted by Crippen LogP contribution is 2.26. The fourth-order valence-electron chi connectivity index (χ4n) is 3.60. The maximum absolute atomic E-state index is 13.8. The lowest BCUT2D eigenvalue weighted by Gasteiger charge is -2.19. The molecule has 2 aromatic carbocycles. The lowest BCUT2D eigenvalue weighted by atomic mass is 10.1. The summed E-state index contributed by atoms with van der Waals surface area (Å²) >= 11 is 0. The van der Waals surface area contributed by atoms with Gasteiger partial charge in [-0.2, -0.15) is 0 Å². The van der Waals surface area contributed by atoms with Gasteiger partial charge in [0.1, 0.15) is 23.9 Å². The molecule has 156 valence electrons. The number of hydrogen-bond donors (Lipinski definition) is 1. The molecule has 0 atom stereocenters. The Balaban J connectivity index is 1.47. The third-order valence-electron chi connectivity index (χ3n) is 5.34. The van der Waals surface area contributed by atoms with E-state index in [0.29, 0.717) is 30.8 Å². The first-order valence-electron chi connectivity index (χ1n) is 9.92. The first-order chi connectivity index (χ1) is 14.5. The molecule has 0 fully saturated rings. The molecule has 1 N–H and O–H groups in total. The van der Waals surface area contributed by atoms with Gasteiger partial charge >= 0.3 is 0 Å². The average molecular weight is 409 g/mol. The van der Waals surface area contributed by atoms with Crippen molar-refractivity contribution in [1.29, 1.82) is 0 Å². The van der Waals surface area contributed by atoms with Crippen LogP contribution in [0.15, 0.2) is 47.0 Å². The largest absolute Gasteiger partial charge is 0.492 e. The third kappa shape index (κ3) is 4.36. The van der Waals surface area contributed by atoms with Crippen LogP contribution in [0.4, 0.5) is 4.39 Å². The summed E-state index contributed by atoms with van der Waals surface area (Å²) in [6.45, 7) is 6.66. The van der Waals surface area contributed by atoms with E-state index >= 15 is 0 Å². The molecule has 2 heterocycles. The Hall–Kier alpha value is -3.19. The van der Waals surface area contributed by atoms with Crippen molar-refractivity contribution in [2.24, 2.45) is 0 Å². The van der Waals surface area contributed by atoms with E-state index in [4.69, 9.17) is 9.26 Å². The second-order valence-corrected chi connectivity index (χ2v) is 7.46. The minimum absolute atomic E-state index is 0.136. The monoisotopic (exact) mass is 409 g/mol. The van der Waals surface area contributed by atoms with E-state index in [-0.39, 0.29) is 18.3 Å². The van der Waals surface area contributed by atoms with Crippen molar-refractivity contribution in [2.75, 3.05) is 13.2 Å². The van der Waals surface area contributed by atoms with Gasteiger partial charge < -0.3 is 14.6 Å². The lowest BCUT2D eigenvalue weighted by molar-refractivity contribution is 0.0950. The second-order valence-electron chi connectivity index (χ2n) is 7.46. The zero-order valence-electron chi connectivity index (χ0n) is 17.1. The Bertz CT molecular complexity index is 1040. The normalized spacial score (nSPS) is 14.0. The van der Waals surface area contributed by atoms with Gasteiger partial charge in [-0.1, -0.05) is 23.4 Å². The third-order valence-corrected chi connectivity index (χ3v) is 5.34. The molecular formula is C23H24FN3O3. The summed E-state index contributed by atoms with van der Waals surface area (Å²) in [5.41, 5.74) is 3.89. The number of hydrogen-bond acceptors (Lipinski definition) is 5. The summed E-state index contributed by atoms with van der Waals surface area (Å²) < 4.78 is 24.9. The molecule has 4 rings (SSSR count). The maximum Gasteiger partial charge on any atom is 0.251 e. The SMILES string of the molecule is Cc1noc(C)c1CN1CCOc2ccc(C(=O)NCc3ccccc3F)cc2C1. The number of ether oxygens (including phenoxy) is 1. The molecule has 1 aromatic heterocycles. The number of aromatic nitrogens is 1. The van der Waals surface area contributed by atoms with E-state index in [2.05, 4.69) is 15.4 Å². The Morgan fingerprint density at radius 2 is 2.07 bits per heavy atom. The predicted molar refractivity (Wildman–Crippen MR) is 110 cm³/mol. The summed E-state index contributed by atoms with van der Waals surface area (Å²) in [5, 5.41) is 6.81. The van der Waals surface area contributed by atoms with E-state index in [1.165, 1.54) is 6.07 Å². The molecule has 0 radical (unpaired) electrons. The van der Waals surface area contributed by atoms with Gasteiger partial charge in [-0.25, -0.2) is 4.39 Å². The average Bonchev–Trinajstić information content (AvgIpc) is 2.94. The number of halogens is 1. The lowest BCUT2D eigenvalue weighted by Crippen LogP contribution is -2.26. The van der Waals surface area contributed by atoms with Gasteiger partial charge in [0.05, 0.1) is 5.69 Å². The van der Waals surface area contributed by atoms with Crippen LogP contribution in [-0.2, 0) is 19.6 Å². The molecule has 30 heavy (non-hydrogen) atoms. The number of carbonyl (C=O) groups excluding carboxylic acids is 1. The van der Waals surface area contributed by atoms with Crippen LogP contribution in [0, 0.1) is 19.7 Å². The molecule has 7 heteroatoms. The minimum atomic E-state index is -0.330. The van der Waals surface area contributed by atoms with Crippen LogP contribution in [0.1, 0.15) is 38.5 Å². The van der Waals surface area contributed by atoms with Crippen LogP contribution in [0.3, 0.4) is 0 Å². The highest BCUT2D eigenvalue weighted by atomic mass is 19.1. The quantitative estimate of drug-likeness (QED) is 0.695. The minimum Gasteiger partial charge on any atom is -0.492 e. The van der Waals surface area contributed by atoms with Crippen molar-refractivity contribution < 1.29 is 18.4 Å². The zero-order chi connectivity index (χ0) is 21.1. The van der Waals surface area contributed by atoms with E-state index in [9.17, 15) is 9.18 Å². The molecule has 6 nitrogen and oxygen atoms in total. The zero-order valence-corrected chi connectivity index (χ0v) is 17.1. The molecule has 3 aromatic rings. The van der Waals surface area contributed by atoms with Crippen molar-refractivity contribution in [3.63, 3.8) is 0 Å². The molecule has 0 unspecified atom stereocenters. The van der Waals surface area contributed by atoms with Gasteiger partial charge in [-0.3, -0.25) is 9.69 Å². The van der Waals surface area contributed by atoms with Gasteiger partial charge in [0.2, 0.25) is 0 Å². The van der Waals surface area contributed by atoms with Crippen molar-refractivity contribution in [1.82, 2.24) is 15.4 Å². The molecule has 0 saturated heterocycles. The Labute approximate surface area is 174 Å². The fraction of sp³-hybridized carbons (Fsp3) is 0.304. The highest BCUT2D eigenvalue weighted by Gasteiger charge is 2.20. The van der Waals surface area contributed by atoms with Gasteiger partial charge in [0, 0.05) is 48.4 Å². The first kappa shape index (κ1) is 20.1. The molecule has 1 aliphatic heterocycles. The standard InChI is InChI=1S/C23H24FN3O3/c1-15-20(16(2)30-26-15)14-27-9-10-29-22-8-7-17(11-19(22)13-27)23(28)25-12-18-5-3-4-6-21(18)24/h3-8,11H,9-10,12-14H2,1-2H3,(H,25,28). The van der Waals surface area contributed by atoms with Gasteiger partial charge in [0.25, 0.3) is 5.91 Å². The predicted octanol–water partition coefficient (Wildman–Crippen LogP) is 3.76. The van der Waals surface area contributed by atoms with Crippen LogP contribution < -0.4 is 10.1 Å². The topological polar surface area (TPSA) is 67.6 Å². The number of aryl methyl sites for hydroxylation is 2. The van der Waals surface area contributed by atoms with Crippen molar-refractivity contribution >= 4 is 5.91 Å². The number of amides is 1. The Morgan fingerprint density at radius 1 is 1.23 bits per heavy atom. The molecule has 1 amide bonds. The number of fused-ring (bicyclic) bond motifs is 1. The summed E-state index contributed by atoms with van der Waals surface area (Å²) in [7, 11) is 0. The van der Waals surface area contributed by atoms with E-state index < -0.39 is 0 Å². The Morgan fingerprint density at radius 3 is 2.83 bits per heavy atom. The van der Waals surface area contributed by atoms with Gasteiger partial charge in [0.15, 0.2) is 0 Å². The van der Waals surface area contributed by atoms with Gasteiger partial charge in [-0.15, -0.1) is 0 Å². The van der Waals surface area contributed by atoms with Crippen molar-refractivity contribution in [3.05, 3.63) is 82.0 Å². The summed E-state index contributed by atoms with van der Waals surface area (Å²) in [6.07, 6.45) is 0. The van der Waals surface area contributed by atoms with Crippen LogP contribution in [-0.4, -0.2) is 29.1 Å². The molecule has 0 bridgehead atoms. The smallest absolute Gasteiger partial charge is 0.251 e. The van der Waals surface area contributed by atoms with Crippen molar-refractivity contribution in [3.8, 4) is 5.75 Å². The van der Waals surface area contributed by atoms with Gasteiger partial charge in [-0.05, 0) is 38.1 Å². The molecular weight excluding hydrogens is 385 g/mol. The van der Waals surface area contributed by atoms with Crippen LogP contribution in [0.5, 0.6) is 5.75 Å². The number of nitrogens with one attached hydrogen (secondary N) is 1. The fourth-order valence-corrected chi connectivity index (χ4v) is 3.60. The summed E-state index contributed by atoms with van der Waals surface area (Å²) in [5.74, 6) is 1.02.